The average molecular weight is 712 g/mol. The molecule has 1 aromatic heterocycles. The third kappa shape index (κ3) is 4.31. The van der Waals surface area contributed by atoms with Gasteiger partial charge in [0, 0.05) is 21.9 Å². The molecule has 56 heavy (non-hydrogen) atoms. The summed E-state index contributed by atoms with van der Waals surface area (Å²) in [5.74, 6) is 0. The predicted octanol–water partition coefficient (Wildman–Crippen LogP) is 15.0. The van der Waals surface area contributed by atoms with E-state index < -0.39 is 0 Å². The van der Waals surface area contributed by atoms with Gasteiger partial charge in [0.2, 0.25) is 0 Å². The van der Waals surface area contributed by atoms with Crippen LogP contribution in [0.25, 0.3) is 104 Å². The Morgan fingerprint density at radius 1 is 0.339 bits per heavy atom. The van der Waals surface area contributed by atoms with Crippen molar-refractivity contribution < 1.29 is 0 Å². The van der Waals surface area contributed by atoms with E-state index in [1.54, 1.807) is 0 Å². The van der Waals surface area contributed by atoms with E-state index in [0.29, 0.717) is 0 Å². The van der Waals surface area contributed by atoms with E-state index in [1.165, 1.54) is 115 Å². The van der Waals surface area contributed by atoms with E-state index in [-0.39, 0.29) is 5.41 Å². The van der Waals surface area contributed by atoms with Gasteiger partial charge in [-0.25, -0.2) is 0 Å². The number of hydrogen-bond donors (Lipinski definition) is 0. The number of fused-ring (bicyclic) bond motifs is 6. The number of nitrogens with zero attached hydrogens (tertiary/aromatic N) is 1. The monoisotopic (exact) mass is 711 g/mol. The van der Waals surface area contributed by atoms with Crippen molar-refractivity contribution in [2.24, 2.45) is 0 Å². The summed E-state index contributed by atoms with van der Waals surface area (Å²) < 4.78 is 2.49. The van der Waals surface area contributed by atoms with Crippen LogP contribution >= 0.6 is 0 Å². The first-order valence-corrected chi connectivity index (χ1v) is 19.7. The van der Waals surface area contributed by atoms with Crippen molar-refractivity contribution in [3.8, 4) is 50.2 Å². The zero-order valence-corrected chi connectivity index (χ0v) is 31.3. The Morgan fingerprint density at radius 2 is 0.964 bits per heavy atom. The summed E-state index contributed by atoms with van der Waals surface area (Å²) in [5.41, 5.74) is 16.6. The average Bonchev–Trinajstić information content (AvgIpc) is 3.70. The van der Waals surface area contributed by atoms with Gasteiger partial charge in [-0.1, -0.05) is 172 Å². The highest BCUT2D eigenvalue weighted by atomic mass is 15.0. The number of para-hydroxylation sites is 1. The van der Waals surface area contributed by atoms with Crippen molar-refractivity contribution in [1.82, 2.24) is 4.57 Å². The molecule has 0 spiro atoms. The van der Waals surface area contributed by atoms with Crippen LogP contribution in [0.2, 0.25) is 0 Å². The van der Waals surface area contributed by atoms with E-state index in [2.05, 4.69) is 206 Å². The molecule has 1 heterocycles. The SMILES string of the molecule is CC1(C)c2ccccc2-c2cc3c4ccccc4n(-c4cccc(-c5ccc6ccc7c(-c8ccccc8-c8ccccc8)ccc8ccc5c6c87)c4)c3cc21. The Bertz CT molecular complexity index is 3380. The van der Waals surface area contributed by atoms with E-state index in [1.807, 2.05) is 0 Å². The number of hydrogen-bond acceptors (Lipinski definition) is 0. The summed E-state index contributed by atoms with van der Waals surface area (Å²) >= 11 is 0. The van der Waals surface area contributed by atoms with Crippen molar-refractivity contribution in [2.45, 2.75) is 19.3 Å². The van der Waals surface area contributed by atoms with E-state index in [4.69, 9.17) is 0 Å². The number of benzene rings is 10. The lowest BCUT2D eigenvalue weighted by molar-refractivity contribution is 0.661. The molecule has 0 radical (unpaired) electrons. The number of rotatable bonds is 4. The Kier molecular flexibility index (Phi) is 6.46. The Hall–Kier alpha value is -6.96. The minimum atomic E-state index is -0.0749. The van der Waals surface area contributed by atoms with Gasteiger partial charge in [0.05, 0.1) is 11.0 Å². The van der Waals surface area contributed by atoms with Gasteiger partial charge >= 0.3 is 0 Å². The van der Waals surface area contributed by atoms with Crippen LogP contribution in [-0.2, 0) is 5.41 Å². The number of aromatic nitrogens is 1. The largest absolute Gasteiger partial charge is 0.309 e. The first kappa shape index (κ1) is 31.4. The van der Waals surface area contributed by atoms with Crippen LogP contribution in [0.5, 0.6) is 0 Å². The topological polar surface area (TPSA) is 4.93 Å². The fourth-order valence-electron chi connectivity index (χ4n) is 10.1. The Balaban J connectivity index is 1.06. The maximum absolute atomic E-state index is 2.49. The van der Waals surface area contributed by atoms with E-state index >= 15 is 0 Å². The fraction of sp³-hybridized carbons (Fsp3) is 0.0545. The molecule has 0 amide bonds. The van der Waals surface area contributed by atoms with E-state index in [0.717, 1.165) is 0 Å². The summed E-state index contributed by atoms with van der Waals surface area (Å²) in [6, 6.07) is 70.1. The smallest absolute Gasteiger partial charge is 0.0544 e. The minimum Gasteiger partial charge on any atom is -0.309 e. The first-order valence-electron chi connectivity index (χ1n) is 19.7. The van der Waals surface area contributed by atoms with Crippen molar-refractivity contribution in [2.75, 3.05) is 0 Å². The lowest BCUT2D eigenvalue weighted by Gasteiger charge is -2.21. The second-order valence-corrected chi connectivity index (χ2v) is 16.0. The van der Waals surface area contributed by atoms with Gasteiger partial charge < -0.3 is 4.57 Å². The van der Waals surface area contributed by atoms with Gasteiger partial charge in [0.15, 0.2) is 0 Å². The first-order chi connectivity index (χ1) is 27.5. The summed E-state index contributed by atoms with van der Waals surface area (Å²) in [5, 5.41) is 10.4. The third-order valence-electron chi connectivity index (χ3n) is 12.8. The molecular weight excluding hydrogens is 675 g/mol. The molecule has 0 fully saturated rings. The molecule has 1 aliphatic carbocycles. The summed E-state index contributed by atoms with van der Waals surface area (Å²) in [7, 11) is 0. The predicted molar refractivity (Wildman–Crippen MR) is 238 cm³/mol. The van der Waals surface area contributed by atoms with Crippen LogP contribution in [0, 0.1) is 0 Å². The molecule has 0 unspecified atom stereocenters. The highest BCUT2D eigenvalue weighted by Gasteiger charge is 2.36. The molecule has 12 rings (SSSR count). The molecule has 0 saturated carbocycles. The van der Waals surface area contributed by atoms with Gasteiger partial charge in [-0.15, -0.1) is 0 Å². The lowest BCUT2D eigenvalue weighted by atomic mass is 9.82. The van der Waals surface area contributed by atoms with Crippen LogP contribution in [0.4, 0.5) is 0 Å². The van der Waals surface area contributed by atoms with Gasteiger partial charge in [-0.3, -0.25) is 0 Å². The van der Waals surface area contributed by atoms with Gasteiger partial charge in [-0.05, 0) is 118 Å². The van der Waals surface area contributed by atoms with Crippen LogP contribution in [-0.4, -0.2) is 4.57 Å². The molecule has 0 atom stereocenters. The van der Waals surface area contributed by atoms with Crippen molar-refractivity contribution in [3.05, 3.63) is 199 Å². The molecular formula is C55H37N. The summed E-state index contributed by atoms with van der Waals surface area (Å²) in [4.78, 5) is 0. The zero-order valence-electron chi connectivity index (χ0n) is 31.3. The molecule has 1 heteroatoms. The zero-order chi connectivity index (χ0) is 37.1. The molecule has 0 bridgehead atoms. The van der Waals surface area contributed by atoms with Crippen molar-refractivity contribution >= 4 is 54.1 Å². The minimum absolute atomic E-state index is 0.0749. The van der Waals surface area contributed by atoms with Crippen LogP contribution in [0.15, 0.2) is 188 Å². The third-order valence-corrected chi connectivity index (χ3v) is 12.8. The standard InChI is InChI=1S/C55H37N/c1-55(2)49-21-10-8-19-43(49)47-32-48-44-20-9-11-22-51(44)56(52(48)33-50(47)55)38-16-12-15-37(31-38)40-27-23-35-26-30-46-42(28-24-36-25-29-45(40)53(35)54(36)46)41-18-7-6-17-39(41)34-13-4-3-5-14-34/h3-33H,1-2H3. The molecule has 1 aliphatic rings. The molecule has 0 saturated heterocycles. The second kappa shape index (κ2) is 11.5. The Labute approximate surface area is 326 Å². The van der Waals surface area contributed by atoms with Crippen molar-refractivity contribution in [1.29, 1.82) is 0 Å². The maximum atomic E-state index is 2.49. The maximum Gasteiger partial charge on any atom is 0.0544 e. The van der Waals surface area contributed by atoms with Crippen LogP contribution in [0.1, 0.15) is 25.0 Å². The van der Waals surface area contributed by atoms with E-state index in [9.17, 15) is 0 Å². The quantitative estimate of drug-likeness (QED) is 0.160. The highest BCUT2D eigenvalue weighted by Crippen LogP contribution is 2.51. The summed E-state index contributed by atoms with van der Waals surface area (Å²) in [6.45, 7) is 4.74. The Morgan fingerprint density at radius 3 is 1.77 bits per heavy atom. The summed E-state index contributed by atoms with van der Waals surface area (Å²) in [6.07, 6.45) is 0. The molecule has 11 aromatic rings. The van der Waals surface area contributed by atoms with Crippen molar-refractivity contribution in [3.63, 3.8) is 0 Å². The van der Waals surface area contributed by atoms with Gasteiger partial charge in [-0.2, -0.15) is 0 Å². The fourth-order valence-corrected chi connectivity index (χ4v) is 10.1. The second-order valence-electron chi connectivity index (χ2n) is 16.0. The molecule has 1 nitrogen and oxygen atoms in total. The van der Waals surface area contributed by atoms with Crippen LogP contribution in [0.3, 0.4) is 0 Å². The molecule has 0 aliphatic heterocycles. The van der Waals surface area contributed by atoms with Crippen LogP contribution < -0.4 is 0 Å². The highest BCUT2D eigenvalue weighted by molar-refractivity contribution is 6.28. The molecule has 262 valence electrons. The normalized spacial score (nSPS) is 13.3. The lowest BCUT2D eigenvalue weighted by Crippen LogP contribution is -2.14. The van der Waals surface area contributed by atoms with Gasteiger partial charge in [0.25, 0.3) is 0 Å². The van der Waals surface area contributed by atoms with Gasteiger partial charge in [0.1, 0.15) is 0 Å². The molecule has 10 aromatic carbocycles. The molecule has 0 N–H and O–H groups in total.